The van der Waals surface area contributed by atoms with E-state index in [2.05, 4.69) is 11.8 Å². The van der Waals surface area contributed by atoms with Crippen LogP contribution in [0.3, 0.4) is 0 Å². The highest BCUT2D eigenvalue weighted by molar-refractivity contribution is 5.20. The van der Waals surface area contributed by atoms with Crippen LogP contribution in [-0.4, -0.2) is 29.6 Å². The van der Waals surface area contributed by atoms with Crippen LogP contribution in [0.4, 0.5) is 4.39 Å². The number of likely N-dealkylation sites (tertiary alicyclic amines) is 1. The molecule has 1 aromatic carbocycles. The summed E-state index contributed by atoms with van der Waals surface area (Å²) in [7, 11) is 0. The van der Waals surface area contributed by atoms with Crippen molar-refractivity contribution in [2.45, 2.75) is 57.0 Å². The molecule has 2 aliphatic rings. The molecule has 1 aliphatic heterocycles. The Morgan fingerprint density at radius 1 is 1.29 bits per heavy atom. The van der Waals surface area contributed by atoms with Gasteiger partial charge in [0.05, 0.1) is 0 Å². The molecule has 1 heterocycles. The first-order valence-electron chi connectivity index (χ1n) is 8.34. The van der Waals surface area contributed by atoms with Crippen LogP contribution in [0.15, 0.2) is 24.3 Å². The summed E-state index contributed by atoms with van der Waals surface area (Å²) in [4.78, 5) is 2.65. The van der Waals surface area contributed by atoms with E-state index in [1.807, 2.05) is 6.07 Å². The van der Waals surface area contributed by atoms with Crippen LogP contribution in [0.5, 0.6) is 0 Å². The van der Waals surface area contributed by atoms with Gasteiger partial charge in [0.2, 0.25) is 0 Å². The molecule has 116 valence electrons. The first kappa shape index (κ1) is 15.0. The molecule has 3 unspecified atom stereocenters. The van der Waals surface area contributed by atoms with Crippen molar-refractivity contribution in [1.82, 2.24) is 4.90 Å². The molecule has 3 rings (SSSR count). The van der Waals surface area contributed by atoms with Crippen molar-refractivity contribution >= 4 is 0 Å². The highest BCUT2D eigenvalue weighted by Gasteiger charge is 2.42. The van der Waals surface area contributed by atoms with Crippen molar-refractivity contribution in [3.8, 4) is 0 Å². The predicted molar refractivity (Wildman–Crippen MR) is 84.6 cm³/mol. The maximum Gasteiger partial charge on any atom is 0.123 e. The monoisotopic (exact) mass is 290 g/mol. The summed E-state index contributed by atoms with van der Waals surface area (Å²) >= 11 is 0. The summed E-state index contributed by atoms with van der Waals surface area (Å²) in [6, 6.07) is 7.69. The molecule has 0 bridgehead atoms. The number of hydrogen-bond donors (Lipinski definition) is 1. The van der Waals surface area contributed by atoms with Crippen LogP contribution in [0.1, 0.15) is 44.6 Å². The van der Waals surface area contributed by atoms with Crippen molar-refractivity contribution in [1.29, 1.82) is 0 Å². The number of piperidine rings is 1. The molecule has 1 aromatic rings. The number of halogens is 1. The van der Waals surface area contributed by atoms with Gasteiger partial charge in [-0.2, -0.15) is 0 Å². The molecule has 0 amide bonds. The molecule has 1 saturated heterocycles. The number of fused-ring (bicyclic) bond motifs is 1. The van der Waals surface area contributed by atoms with Crippen LogP contribution >= 0.6 is 0 Å². The first-order chi connectivity index (χ1) is 10.1. The van der Waals surface area contributed by atoms with E-state index < -0.39 is 0 Å². The van der Waals surface area contributed by atoms with E-state index in [0.29, 0.717) is 12.6 Å². The Labute approximate surface area is 127 Å². The molecule has 0 aromatic heterocycles. The number of rotatable bonds is 4. The Bertz CT molecular complexity index is 490. The minimum Gasteiger partial charge on any atom is -0.329 e. The second-order valence-corrected chi connectivity index (χ2v) is 7.10. The lowest BCUT2D eigenvalue weighted by molar-refractivity contribution is 0.0138. The molecule has 0 radical (unpaired) electrons. The lowest BCUT2D eigenvalue weighted by Crippen LogP contribution is -2.59. The zero-order valence-corrected chi connectivity index (χ0v) is 13.0. The Morgan fingerprint density at radius 3 is 2.86 bits per heavy atom. The zero-order chi connectivity index (χ0) is 14.9. The third-order valence-corrected chi connectivity index (χ3v) is 5.60. The Kier molecular flexibility index (Phi) is 4.32. The van der Waals surface area contributed by atoms with Crippen molar-refractivity contribution in [3.63, 3.8) is 0 Å². The van der Waals surface area contributed by atoms with Gasteiger partial charge in [-0.3, -0.25) is 4.90 Å². The lowest BCUT2D eigenvalue weighted by Gasteiger charge is -2.49. The molecular weight excluding hydrogens is 263 g/mol. The number of benzene rings is 1. The van der Waals surface area contributed by atoms with E-state index in [1.165, 1.54) is 38.2 Å². The van der Waals surface area contributed by atoms with Gasteiger partial charge in [0, 0.05) is 18.1 Å². The van der Waals surface area contributed by atoms with Gasteiger partial charge in [-0.1, -0.05) is 18.6 Å². The molecule has 21 heavy (non-hydrogen) atoms. The molecule has 2 N–H and O–H groups in total. The van der Waals surface area contributed by atoms with E-state index in [4.69, 9.17) is 5.73 Å². The third kappa shape index (κ3) is 3.00. The maximum atomic E-state index is 13.5. The van der Waals surface area contributed by atoms with Gasteiger partial charge < -0.3 is 5.73 Å². The van der Waals surface area contributed by atoms with E-state index in [0.717, 1.165) is 24.4 Å². The smallest absolute Gasteiger partial charge is 0.123 e. The third-order valence-electron chi connectivity index (χ3n) is 5.60. The zero-order valence-electron chi connectivity index (χ0n) is 13.0. The van der Waals surface area contributed by atoms with Gasteiger partial charge in [-0.25, -0.2) is 4.39 Å². The van der Waals surface area contributed by atoms with Gasteiger partial charge in [-0.05, 0) is 69.2 Å². The summed E-state index contributed by atoms with van der Waals surface area (Å²) in [6.45, 7) is 4.04. The number of hydrogen-bond acceptors (Lipinski definition) is 2. The van der Waals surface area contributed by atoms with Gasteiger partial charge in [-0.15, -0.1) is 0 Å². The van der Waals surface area contributed by atoms with Crippen molar-refractivity contribution < 1.29 is 4.39 Å². The minimum atomic E-state index is -0.149. The van der Waals surface area contributed by atoms with Crippen LogP contribution in [0.2, 0.25) is 0 Å². The van der Waals surface area contributed by atoms with Crippen LogP contribution in [0, 0.1) is 11.7 Å². The summed E-state index contributed by atoms with van der Waals surface area (Å²) < 4.78 is 13.5. The fourth-order valence-electron chi connectivity index (χ4n) is 4.50. The first-order valence-corrected chi connectivity index (χ1v) is 8.34. The molecule has 0 spiro atoms. The van der Waals surface area contributed by atoms with Gasteiger partial charge in [0.1, 0.15) is 5.82 Å². The quantitative estimate of drug-likeness (QED) is 0.921. The largest absolute Gasteiger partial charge is 0.329 e. The normalized spacial score (nSPS) is 29.1. The lowest BCUT2D eigenvalue weighted by atomic mass is 9.83. The van der Waals surface area contributed by atoms with E-state index in [-0.39, 0.29) is 11.4 Å². The van der Waals surface area contributed by atoms with Crippen LogP contribution < -0.4 is 5.73 Å². The average molecular weight is 290 g/mol. The standard InChI is InChI=1S/C18H27FN2/c1-18(13-20,12-14-5-2-8-16(19)11-14)21-10-4-7-15-6-3-9-17(15)21/h2,5,8,11,15,17H,3-4,6-7,9-10,12-13,20H2,1H3. The highest BCUT2D eigenvalue weighted by atomic mass is 19.1. The van der Waals surface area contributed by atoms with Crippen LogP contribution in [-0.2, 0) is 6.42 Å². The number of nitrogens with zero attached hydrogens (tertiary/aromatic N) is 1. The molecule has 1 saturated carbocycles. The Morgan fingerprint density at radius 2 is 2.10 bits per heavy atom. The summed E-state index contributed by atoms with van der Waals surface area (Å²) in [5, 5.41) is 0. The number of nitrogens with two attached hydrogens (primary N) is 1. The SMILES string of the molecule is CC(CN)(Cc1cccc(F)c1)N1CCCC2CCCC21. The van der Waals surface area contributed by atoms with Gasteiger partial charge in [0.15, 0.2) is 0 Å². The Hall–Kier alpha value is -0.930. The second kappa shape index (κ2) is 6.05. The topological polar surface area (TPSA) is 29.3 Å². The molecule has 2 nitrogen and oxygen atoms in total. The summed E-state index contributed by atoms with van der Waals surface area (Å²) in [5.74, 6) is 0.710. The van der Waals surface area contributed by atoms with E-state index in [1.54, 1.807) is 12.1 Å². The van der Waals surface area contributed by atoms with Crippen molar-refractivity contribution in [2.24, 2.45) is 11.7 Å². The minimum absolute atomic E-state index is 0.0541. The second-order valence-electron chi connectivity index (χ2n) is 7.10. The van der Waals surface area contributed by atoms with Crippen molar-refractivity contribution in [2.75, 3.05) is 13.1 Å². The molecule has 3 heteroatoms. The predicted octanol–water partition coefficient (Wildman–Crippen LogP) is 3.35. The molecular formula is C18H27FN2. The van der Waals surface area contributed by atoms with Crippen LogP contribution in [0.25, 0.3) is 0 Å². The summed E-state index contributed by atoms with van der Waals surface area (Å²) in [6.07, 6.45) is 7.53. The highest BCUT2D eigenvalue weighted by Crippen LogP contribution is 2.40. The maximum absolute atomic E-state index is 13.5. The van der Waals surface area contributed by atoms with E-state index in [9.17, 15) is 4.39 Å². The molecule has 2 fully saturated rings. The van der Waals surface area contributed by atoms with Crippen molar-refractivity contribution in [3.05, 3.63) is 35.6 Å². The molecule has 1 aliphatic carbocycles. The van der Waals surface area contributed by atoms with E-state index >= 15 is 0 Å². The molecule has 3 atom stereocenters. The Balaban J connectivity index is 1.81. The van der Waals surface area contributed by atoms with Gasteiger partial charge >= 0.3 is 0 Å². The van der Waals surface area contributed by atoms with Gasteiger partial charge in [0.25, 0.3) is 0 Å². The average Bonchev–Trinajstić information content (AvgIpc) is 2.95. The fraction of sp³-hybridized carbons (Fsp3) is 0.667. The summed E-state index contributed by atoms with van der Waals surface area (Å²) in [5.41, 5.74) is 7.18. The fourth-order valence-corrected chi connectivity index (χ4v) is 4.50.